The Morgan fingerprint density at radius 3 is 1.82 bits per heavy atom. The largest absolute Gasteiger partial charge is 2.00 e. The number of carboxylic acid groups (broad SMARTS) is 1. The standard InChI is InChI=1S/C5H6.C5H5.C3H6O3.Fe/c2*1-2-4-5-3-1;1-2(4)3(5)6;/h1-4H,5H2;1-5H;2,4H,1H3,(H,5,6);/q;-1;;+2/p-1. The van der Waals surface area contributed by atoms with E-state index < -0.39 is 12.1 Å². The Morgan fingerprint density at radius 2 is 1.71 bits per heavy atom. The van der Waals surface area contributed by atoms with Crippen molar-refractivity contribution in [2.24, 2.45) is 0 Å². The Balaban J connectivity index is 0. The Morgan fingerprint density at radius 1 is 1.29 bits per heavy atom. The maximum atomic E-state index is 9.34. The number of carboxylic acids is 1. The zero-order chi connectivity index (χ0) is 12.2. The zero-order valence-corrected chi connectivity index (χ0v) is 10.7. The smallest absolute Gasteiger partial charge is 0.547 e. The molecule has 17 heavy (non-hydrogen) atoms. The van der Waals surface area contributed by atoms with Crippen molar-refractivity contribution < 1.29 is 32.1 Å². The average Bonchev–Trinajstić information content (AvgIpc) is 2.97. The number of carbonyl (C=O) groups is 1. The van der Waals surface area contributed by atoms with Crippen LogP contribution in [-0.4, -0.2) is 17.2 Å². The van der Waals surface area contributed by atoms with Crippen LogP contribution in [0.2, 0.25) is 0 Å². The van der Waals surface area contributed by atoms with Crippen LogP contribution in [0.3, 0.4) is 0 Å². The first kappa shape index (κ1) is 18.2. The third kappa shape index (κ3) is 14.8. The Bertz CT molecular complexity index is 286. The third-order valence-corrected chi connectivity index (χ3v) is 1.55. The van der Waals surface area contributed by atoms with E-state index in [4.69, 9.17) is 5.11 Å². The Hall–Kier alpha value is -1.22. The summed E-state index contributed by atoms with van der Waals surface area (Å²) >= 11 is 0. The predicted molar refractivity (Wildman–Crippen MR) is 61.6 cm³/mol. The Kier molecular flexibility index (Phi) is 13.7. The minimum Gasteiger partial charge on any atom is -0.547 e. The van der Waals surface area contributed by atoms with Crippen LogP contribution in [0.1, 0.15) is 13.3 Å². The van der Waals surface area contributed by atoms with Crippen LogP contribution in [0.5, 0.6) is 0 Å². The molecule has 0 aromatic heterocycles. The van der Waals surface area contributed by atoms with Gasteiger partial charge in [-0.15, -0.1) is 0 Å². The minimum absolute atomic E-state index is 0. The van der Waals surface area contributed by atoms with Gasteiger partial charge in [0.2, 0.25) is 0 Å². The van der Waals surface area contributed by atoms with Gasteiger partial charge >= 0.3 is 17.1 Å². The maximum Gasteiger partial charge on any atom is 2.00 e. The molecule has 0 spiro atoms. The number of aliphatic hydroxyl groups is 1. The van der Waals surface area contributed by atoms with Gasteiger partial charge in [0.15, 0.2) is 0 Å². The third-order valence-electron chi connectivity index (χ3n) is 1.55. The molecular weight excluding hydrogens is 260 g/mol. The predicted octanol–water partition coefficient (Wildman–Crippen LogP) is 1.02. The summed E-state index contributed by atoms with van der Waals surface area (Å²) in [6.07, 6.45) is 8.16. The van der Waals surface area contributed by atoms with Gasteiger partial charge in [0, 0.05) is 0 Å². The molecule has 0 saturated carbocycles. The molecule has 1 atom stereocenters. The summed E-state index contributed by atoms with van der Waals surface area (Å²) in [5.41, 5.74) is 0. The second-order valence-electron chi connectivity index (χ2n) is 3.05. The van der Waals surface area contributed by atoms with Crippen LogP contribution in [0, 0.1) is 0 Å². The molecule has 0 amide bonds. The summed E-state index contributed by atoms with van der Waals surface area (Å²) in [4.78, 5) is 9.34. The topological polar surface area (TPSA) is 60.4 Å². The van der Waals surface area contributed by atoms with Crippen molar-refractivity contribution in [3.05, 3.63) is 54.6 Å². The van der Waals surface area contributed by atoms with Gasteiger partial charge in [0.1, 0.15) is 0 Å². The van der Waals surface area contributed by atoms with Crippen molar-refractivity contribution in [3.8, 4) is 0 Å². The van der Waals surface area contributed by atoms with Gasteiger partial charge < -0.3 is 15.0 Å². The summed E-state index contributed by atoms with van der Waals surface area (Å²) < 4.78 is 0. The fourth-order valence-electron chi connectivity index (χ4n) is 0.714. The van der Waals surface area contributed by atoms with Crippen LogP contribution in [0.15, 0.2) is 54.6 Å². The molecule has 1 N–H and O–H groups in total. The number of hydrogen-bond acceptors (Lipinski definition) is 3. The molecule has 1 aromatic carbocycles. The molecule has 2 rings (SSSR count). The molecule has 3 nitrogen and oxygen atoms in total. The summed E-state index contributed by atoms with van der Waals surface area (Å²) in [7, 11) is 0. The first-order valence-corrected chi connectivity index (χ1v) is 5.02. The van der Waals surface area contributed by atoms with Crippen molar-refractivity contribution in [2.75, 3.05) is 0 Å². The van der Waals surface area contributed by atoms with Crippen molar-refractivity contribution in [3.63, 3.8) is 0 Å². The molecule has 0 fully saturated rings. The molecule has 0 radical (unpaired) electrons. The summed E-state index contributed by atoms with van der Waals surface area (Å²) in [5, 5.41) is 17.3. The molecule has 0 saturated heterocycles. The van der Waals surface area contributed by atoms with E-state index in [0.717, 1.165) is 13.3 Å². The van der Waals surface area contributed by atoms with E-state index in [1.165, 1.54) is 0 Å². The number of carbonyl (C=O) groups excluding carboxylic acids is 1. The Labute approximate surface area is 112 Å². The minimum atomic E-state index is -1.44. The van der Waals surface area contributed by atoms with Crippen molar-refractivity contribution in [2.45, 2.75) is 19.4 Å². The fraction of sp³-hybridized carbons (Fsp3) is 0.231. The SMILES string of the molecule is C1=CCC=C1.CC(O)C(=O)[O-].[Fe+2].c1cc[cH-]c1. The average molecular weight is 276 g/mol. The number of rotatable bonds is 1. The number of hydrogen-bond donors (Lipinski definition) is 1. The molecule has 0 heterocycles. The van der Waals surface area contributed by atoms with E-state index in [-0.39, 0.29) is 17.1 Å². The van der Waals surface area contributed by atoms with Gasteiger partial charge in [0.05, 0.1) is 12.1 Å². The molecule has 0 bridgehead atoms. The number of aliphatic carboxylic acids is 1. The summed E-state index contributed by atoms with van der Waals surface area (Å²) in [6.45, 7) is 1.13. The quantitative estimate of drug-likeness (QED) is 0.615. The van der Waals surface area contributed by atoms with Gasteiger partial charge in [-0.25, -0.2) is 12.1 Å². The molecule has 0 aliphatic heterocycles. The van der Waals surface area contributed by atoms with E-state index in [0.29, 0.717) is 0 Å². The van der Waals surface area contributed by atoms with E-state index in [9.17, 15) is 9.90 Å². The second-order valence-corrected chi connectivity index (χ2v) is 3.05. The van der Waals surface area contributed by atoms with Crippen LogP contribution >= 0.6 is 0 Å². The molecule has 1 aliphatic carbocycles. The summed E-state index contributed by atoms with van der Waals surface area (Å²) in [6, 6.07) is 10.0. The number of allylic oxidation sites excluding steroid dienone is 4. The number of aliphatic hydroxyl groups excluding tert-OH is 1. The van der Waals surface area contributed by atoms with Crippen molar-refractivity contribution >= 4 is 5.97 Å². The van der Waals surface area contributed by atoms with E-state index in [1.54, 1.807) is 0 Å². The van der Waals surface area contributed by atoms with Crippen LogP contribution in [-0.2, 0) is 21.9 Å². The fourth-order valence-corrected chi connectivity index (χ4v) is 0.714. The van der Waals surface area contributed by atoms with E-state index in [2.05, 4.69) is 24.3 Å². The monoisotopic (exact) mass is 276 g/mol. The van der Waals surface area contributed by atoms with Gasteiger partial charge in [-0.1, -0.05) is 24.3 Å². The van der Waals surface area contributed by atoms with Crippen molar-refractivity contribution in [1.82, 2.24) is 0 Å². The molecule has 4 heteroatoms. The first-order valence-electron chi connectivity index (χ1n) is 5.02. The van der Waals surface area contributed by atoms with Crippen LogP contribution in [0.25, 0.3) is 0 Å². The first-order chi connectivity index (χ1) is 7.64. The van der Waals surface area contributed by atoms with Crippen molar-refractivity contribution in [1.29, 1.82) is 0 Å². The molecule has 1 unspecified atom stereocenters. The van der Waals surface area contributed by atoms with E-state index >= 15 is 0 Å². The molecule has 1 aromatic rings. The summed E-state index contributed by atoms with van der Waals surface area (Å²) in [5.74, 6) is -1.44. The van der Waals surface area contributed by atoms with Gasteiger partial charge in [-0.05, 0) is 13.3 Å². The molecule has 1 aliphatic rings. The van der Waals surface area contributed by atoms with Crippen LogP contribution < -0.4 is 5.11 Å². The molecule has 94 valence electrons. The van der Waals surface area contributed by atoms with Crippen LogP contribution in [0.4, 0.5) is 0 Å². The normalized spacial score (nSPS) is 12.4. The maximum absolute atomic E-state index is 9.34. The van der Waals surface area contributed by atoms with Gasteiger partial charge in [-0.3, -0.25) is 0 Å². The second kappa shape index (κ2) is 12.8. The van der Waals surface area contributed by atoms with E-state index in [1.807, 2.05) is 30.3 Å². The van der Waals surface area contributed by atoms with Gasteiger partial charge in [0.25, 0.3) is 0 Å². The zero-order valence-electron chi connectivity index (χ0n) is 9.60. The van der Waals surface area contributed by atoms with Gasteiger partial charge in [-0.2, -0.15) is 18.2 Å². The molecular formula is C13H16FeO3.